The van der Waals surface area contributed by atoms with Crippen LogP contribution in [0.3, 0.4) is 0 Å². The van der Waals surface area contributed by atoms with Crippen molar-refractivity contribution in [3.8, 4) is 5.75 Å². The summed E-state index contributed by atoms with van der Waals surface area (Å²) in [6, 6.07) is 3.19. The van der Waals surface area contributed by atoms with Gasteiger partial charge in [0, 0.05) is 10.6 Å². The number of aryl methyl sites for hydroxylation is 1. The minimum atomic E-state index is -0.976. The molecule has 1 aromatic carbocycles. The molecule has 88 valence electrons. The first kappa shape index (κ1) is 12.8. The van der Waals surface area contributed by atoms with Gasteiger partial charge in [0.05, 0.1) is 5.92 Å². The van der Waals surface area contributed by atoms with Crippen molar-refractivity contribution in [1.29, 1.82) is 0 Å². The highest BCUT2D eigenvalue weighted by molar-refractivity contribution is 6.32. The number of aliphatic carboxylic acids is 1. The second kappa shape index (κ2) is 4.74. The molecule has 0 fully saturated rings. The SMILES string of the molecule is Cc1cc(O)c(C(C(=O)O)C(C)C)c(Cl)c1. The maximum atomic E-state index is 11.2. The molecule has 0 amide bonds. The molecule has 1 unspecified atom stereocenters. The van der Waals surface area contributed by atoms with E-state index in [9.17, 15) is 9.90 Å². The molecule has 0 bridgehead atoms. The van der Waals surface area contributed by atoms with Crippen molar-refractivity contribution in [2.45, 2.75) is 26.7 Å². The van der Waals surface area contributed by atoms with Gasteiger partial charge < -0.3 is 10.2 Å². The van der Waals surface area contributed by atoms with Gasteiger partial charge in [0.2, 0.25) is 0 Å². The van der Waals surface area contributed by atoms with Crippen molar-refractivity contribution in [3.05, 3.63) is 28.3 Å². The highest BCUT2D eigenvalue weighted by atomic mass is 35.5. The minimum Gasteiger partial charge on any atom is -0.508 e. The van der Waals surface area contributed by atoms with Gasteiger partial charge >= 0.3 is 5.97 Å². The maximum absolute atomic E-state index is 11.2. The summed E-state index contributed by atoms with van der Waals surface area (Å²) in [5, 5.41) is 19.2. The van der Waals surface area contributed by atoms with Crippen molar-refractivity contribution in [2.24, 2.45) is 5.92 Å². The highest BCUT2D eigenvalue weighted by Gasteiger charge is 2.28. The monoisotopic (exact) mass is 242 g/mol. The van der Waals surface area contributed by atoms with Gasteiger partial charge in [0.25, 0.3) is 0 Å². The fourth-order valence-corrected chi connectivity index (χ4v) is 2.17. The van der Waals surface area contributed by atoms with Crippen LogP contribution in [-0.2, 0) is 4.79 Å². The Morgan fingerprint density at radius 1 is 1.38 bits per heavy atom. The third kappa shape index (κ3) is 2.47. The Bertz CT molecular complexity index is 390. The van der Waals surface area contributed by atoms with Crippen LogP contribution >= 0.6 is 11.6 Å². The number of phenols is 1. The number of hydrogen-bond donors (Lipinski definition) is 2. The molecule has 0 saturated carbocycles. The zero-order valence-corrected chi connectivity index (χ0v) is 10.2. The molecule has 1 aromatic rings. The van der Waals surface area contributed by atoms with Crippen LogP contribution in [0.2, 0.25) is 5.02 Å². The predicted molar refractivity (Wildman–Crippen MR) is 63.1 cm³/mol. The smallest absolute Gasteiger partial charge is 0.311 e. The van der Waals surface area contributed by atoms with Crippen LogP contribution in [0.25, 0.3) is 0 Å². The van der Waals surface area contributed by atoms with Crippen LogP contribution in [0.1, 0.15) is 30.9 Å². The number of phenolic OH excluding ortho intramolecular Hbond substituents is 1. The summed E-state index contributed by atoms with van der Waals surface area (Å²) >= 11 is 5.99. The van der Waals surface area contributed by atoms with Gasteiger partial charge in [-0.2, -0.15) is 0 Å². The molecular weight excluding hydrogens is 228 g/mol. The summed E-state index contributed by atoms with van der Waals surface area (Å²) in [5.41, 5.74) is 1.11. The zero-order chi connectivity index (χ0) is 12.5. The van der Waals surface area contributed by atoms with Gasteiger partial charge in [-0.15, -0.1) is 0 Å². The van der Waals surface area contributed by atoms with E-state index in [0.717, 1.165) is 5.56 Å². The predicted octanol–water partition coefficient (Wildman–Crippen LogP) is 3.18. The third-order valence-electron chi connectivity index (χ3n) is 2.50. The molecule has 16 heavy (non-hydrogen) atoms. The number of benzene rings is 1. The van der Waals surface area contributed by atoms with Gasteiger partial charge in [0.15, 0.2) is 0 Å². The summed E-state index contributed by atoms with van der Waals surface area (Å²) in [5.74, 6) is -1.95. The molecule has 0 spiro atoms. The van der Waals surface area contributed by atoms with Gasteiger partial charge in [0.1, 0.15) is 5.75 Å². The maximum Gasteiger partial charge on any atom is 0.311 e. The quantitative estimate of drug-likeness (QED) is 0.856. The first-order chi connectivity index (χ1) is 7.34. The summed E-state index contributed by atoms with van der Waals surface area (Å²) in [7, 11) is 0. The van der Waals surface area contributed by atoms with E-state index in [1.807, 2.05) is 0 Å². The normalized spacial score (nSPS) is 12.8. The Kier molecular flexibility index (Phi) is 3.81. The average Bonchev–Trinajstić information content (AvgIpc) is 2.09. The third-order valence-corrected chi connectivity index (χ3v) is 2.81. The molecule has 3 nitrogen and oxygen atoms in total. The van der Waals surface area contributed by atoms with Crippen LogP contribution in [-0.4, -0.2) is 16.2 Å². The number of rotatable bonds is 3. The number of carboxylic acids is 1. The Balaban J connectivity index is 3.35. The van der Waals surface area contributed by atoms with Crippen molar-refractivity contribution >= 4 is 17.6 Å². The van der Waals surface area contributed by atoms with Gasteiger partial charge in [-0.05, 0) is 30.5 Å². The summed E-state index contributed by atoms with van der Waals surface area (Å²) < 4.78 is 0. The van der Waals surface area contributed by atoms with E-state index in [-0.39, 0.29) is 11.7 Å². The van der Waals surface area contributed by atoms with E-state index >= 15 is 0 Å². The fourth-order valence-electron chi connectivity index (χ4n) is 1.78. The Morgan fingerprint density at radius 2 is 1.94 bits per heavy atom. The number of halogens is 1. The lowest BCUT2D eigenvalue weighted by Crippen LogP contribution is -2.18. The number of carbonyl (C=O) groups is 1. The van der Waals surface area contributed by atoms with Crippen molar-refractivity contribution < 1.29 is 15.0 Å². The first-order valence-corrected chi connectivity index (χ1v) is 5.44. The molecule has 0 aliphatic heterocycles. The Hall–Kier alpha value is -1.22. The topological polar surface area (TPSA) is 57.5 Å². The molecule has 0 aromatic heterocycles. The lowest BCUT2D eigenvalue weighted by molar-refractivity contribution is -0.139. The van der Waals surface area contributed by atoms with Gasteiger partial charge in [-0.3, -0.25) is 4.79 Å². The number of hydrogen-bond acceptors (Lipinski definition) is 2. The lowest BCUT2D eigenvalue weighted by Gasteiger charge is -2.19. The molecule has 0 aliphatic carbocycles. The van der Waals surface area contributed by atoms with E-state index < -0.39 is 11.9 Å². The minimum absolute atomic E-state index is 0.0499. The molecule has 0 radical (unpaired) electrons. The molecule has 1 atom stereocenters. The molecule has 4 heteroatoms. The zero-order valence-electron chi connectivity index (χ0n) is 9.49. The van der Waals surface area contributed by atoms with Crippen LogP contribution in [0.4, 0.5) is 0 Å². The standard InChI is InChI=1S/C12H15ClO3/c1-6(2)10(12(15)16)11-8(13)4-7(3)5-9(11)14/h4-6,10,14H,1-3H3,(H,15,16). The molecule has 0 saturated heterocycles. The first-order valence-electron chi connectivity index (χ1n) is 5.06. The molecular formula is C12H15ClO3. The summed E-state index contributed by atoms with van der Waals surface area (Å²) in [6.45, 7) is 5.36. The van der Waals surface area contributed by atoms with Crippen LogP contribution in [0.5, 0.6) is 5.75 Å². The fraction of sp³-hybridized carbons (Fsp3) is 0.417. The summed E-state index contributed by atoms with van der Waals surface area (Å²) in [6.07, 6.45) is 0. The molecule has 0 heterocycles. The number of carboxylic acid groups (broad SMARTS) is 1. The second-order valence-electron chi connectivity index (χ2n) is 4.24. The van der Waals surface area contributed by atoms with Crippen molar-refractivity contribution in [2.75, 3.05) is 0 Å². The second-order valence-corrected chi connectivity index (χ2v) is 4.65. The van der Waals surface area contributed by atoms with Crippen LogP contribution in [0.15, 0.2) is 12.1 Å². The Labute approximate surface area is 99.7 Å². The Morgan fingerprint density at radius 3 is 2.31 bits per heavy atom. The van der Waals surface area contributed by atoms with Crippen molar-refractivity contribution in [3.63, 3.8) is 0 Å². The average molecular weight is 243 g/mol. The van der Waals surface area contributed by atoms with Crippen LogP contribution in [0, 0.1) is 12.8 Å². The molecule has 2 N–H and O–H groups in total. The lowest BCUT2D eigenvalue weighted by atomic mass is 9.87. The van der Waals surface area contributed by atoms with E-state index in [0.29, 0.717) is 10.6 Å². The van der Waals surface area contributed by atoms with Crippen LogP contribution < -0.4 is 0 Å². The molecule has 0 aliphatic rings. The van der Waals surface area contributed by atoms with Crippen molar-refractivity contribution in [1.82, 2.24) is 0 Å². The van der Waals surface area contributed by atoms with Gasteiger partial charge in [-0.1, -0.05) is 25.4 Å². The van der Waals surface area contributed by atoms with E-state index in [1.54, 1.807) is 26.8 Å². The van der Waals surface area contributed by atoms with E-state index in [2.05, 4.69) is 0 Å². The number of aromatic hydroxyl groups is 1. The largest absolute Gasteiger partial charge is 0.508 e. The summed E-state index contributed by atoms with van der Waals surface area (Å²) in [4.78, 5) is 11.2. The van der Waals surface area contributed by atoms with Gasteiger partial charge in [-0.25, -0.2) is 0 Å². The van der Waals surface area contributed by atoms with E-state index in [4.69, 9.17) is 16.7 Å². The molecule has 1 rings (SSSR count). The highest BCUT2D eigenvalue weighted by Crippen LogP contribution is 2.37. The van der Waals surface area contributed by atoms with E-state index in [1.165, 1.54) is 6.07 Å².